The Labute approximate surface area is 120 Å². The Kier molecular flexibility index (Phi) is 5.98. The molecule has 0 aromatic heterocycles. The maximum atomic E-state index is 11.5. The van der Waals surface area contributed by atoms with Crippen molar-refractivity contribution in [3.05, 3.63) is 60.7 Å². The average Bonchev–Trinajstić information content (AvgIpc) is 2.31. The van der Waals surface area contributed by atoms with Crippen LogP contribution >= 0.6 is 8.25 Å². The van der Waals surface area contributed by atoms with Gasteiger partial charge in [0.05, 0.1) is 0 Å². The molecule has 2 aromatic carbocycles. The van der Waals surface area contributed by atoms with Gasteiger partial charge in [-0.1, -0.05) is 36.4 Å². The van der Waals surface area contributed by atoms with Crippen LogP contribution in [0.4, 0.5) is 0 Å². The molecule has 0 fully saturated rings. The van der Waals surface area contributed by atoms with Crippen molar-refractivity contribution in [3.63, 3.8) is 0 Å². The summed E-state index contributed by atoms with van der Waals surface area (Å²) in [5.41, 5.74) is 0. The van der Waals surface area contributed by atoms with Crippen LogP contribution in [0.25, 0.3) is 0 Å². The molecule has 0 aliphatic rings. The van der Waals surface area contributed by atoms with E-state index in [1.165, 1.54) is 0 Å². The van der Waals surface area contributed by atoms with E-state index in [2.05, 4.69) is 0 Å². The minimum absolute atomic E-state index is 0. The maximum absolute atomic E-state index is 11.5. The van der Waals surface area contributed by atoms with Crippen molar-refractivity contribution in [1.82, 2.24) is 0 Å². The molecule has 0 heterocycles. The van der Waals surface area contributed by atoms with E-state index in [9.17, 15) is 4.57 Å². The Bertz CT molecular complexity index is 427. The molecule has 17 heavy (non-hydrogen) atoms. The third-order valence-corrected chi connectivity index (χ3v) is 2.57. The topological polar surface area (TPSA) is 35.5 Å². The number of benzene rings is 2. The van der Waals surface area contributed by atoms with Gasteiger partial charge in [0, 0.05) is 4.57 Å². The first-order valence-electron chi connectivity index (χ1n) is 4.78. The van der Waals surface area contributed by atoms with Crippen molar-refractivity contribution in [2.45, 2.75) is 0 Å². The maximum Gasteiger partial charge on any atom is 2.00 e. The van der Waals surface area contributed by atoms with E-state index in [1.807, 2.05) is 12.1 Å². The summed E-state index contributed by atoms with van der Waals surface area (Å²) in [5, 5.41) is 0. The largest absolute Gasteiger partial charge is 2.00 e. The van der Waals surface area contributed by atoms with Gasteiger partial charge in [-0.25, -0.2) is 9.05 Å². The van der Waals surface area contributed by atoms with E-state index < -0.39 is 8.25 Å². The summed E-state index contributed by atoms with van der Waals surface area (Å²) in [5.74, 6) is 1.05. The summed E-state index contributed by atoms with van der Waals surface area (Å²) in [6, 6.07) is 17.8. The van der Waals surface area contributed by atoms with E-state index in [0.717, 1.165) is 0 Å². The Balaban J connectivity index is 0. The summed E-state index contributed by atoms with van der Waals surface area (Å²) in [6.07, 6.45) is 0. The van der Waals surface area contributed by atoms with Gasteiger partial charge in [0.25, 0.3) is 0 Å². The van der Waals surface area contributed by atoms with Gasteiger partial charge in [-0.15, -0.1) is 0 Å². The zero-order valence-electron chi connectivity index (χ0n) is 11.2. The van der Waals surface area contributed by atoms with Gasteiger partial charge in [-0.05, 0) is 24.3 Å². The third-order valence-electron chi connectivity index (χ3n) is 1.85. The van der Waals surface area contributed by atoms with Crippen LogP contribution in [0.2, 0.25) is 0 Å². The molecule has 0 bridgehead atoms. The fraction of sp³-hybridized carbons (Fsp3) is 0. The Morgan fingerprint density at radius 1 is 0.765 bits per heavy atom. The smallest absolute Gasteiger partial charge is 1.00 e. The fourth-order valence-corrected chi connectivity index (χ4v) is 1.78. The molecule has 0 aliphatic carbocycles. The van der Waals surface area contributed by atoms with Crippen molar-refractivity contribution in [2.75, 3.05) is 0 Å². The van der Waals surface area contributed by atoms with Crippen molar-refractivity contribution >= 4 is 31.3 Å². The second-order valence-corrected chi connectivity index (χ2v) is 3.84. The van der Waals surface area contributed by atoms with Crippen molar-refractivity contribution < 1.29 is 16.5 Å². The third kappa shape index (κ3) is 4.73. The second-order valence-electron chi connectivity index (χ2n) is 3.03. The summed E-state index contributed by atoms with van der Waals surface area (Å²) >= 11 is 0. The monoisotopic (exact) mass is 259 g/mol. The van der Waals surface area contributed by atoms with Gasteiger partial charge < -0.3 is 2.85 Å². The van der Waals surface area contributed by atoms with Crippen LogP contribution in [-0.4, -0.2) is 23.1 Å². The minimum Gasteiger partial charge on any atom is -1.00 e. The van der Waals surface area contributed by atoms with E-state index in [1.54, 1.807) is 48.5 Å². The molecule has 0 saturated heterocycles. The van der Waals surface area contributed by atoms with E-state index in [4.69, 9.17) is 9.05 Å². The van der Waals surface area contributed by atoms with E-state index in [-0.39, 0.29) is 25.9 Å². The van der Waals surface area contributed by atoms with Gasteiger partial charge in [-0.2, -0.15) is 0 Å². The normalized spacial score (nSPS) is 8.94. The van der Waals surface area contributed by atoms with E-state index >= 15 is 0 Å². The number of rotatable bonds is 4. The summed E-state index contributed by atoms with van der Waals surface area (Å²) in [4.78, 5) is 0. The Morgan fingerprint density at radius 3 is 1.47 bits per heavy atom. The van der Waals surface area contributed by atoms with Gasteiger partial charge in [0.2, 0.25) is 0 Å². The van der Waals surface area contributed by atoms with Gasteiger partial charge >= 0.3 is 31.3 Å². The molecule has 0 radical (unpaired) electrons. The number of para-hydroxylation sites is 2. The molecule has 0 N–H and O–H groups in total. The average molecular weight is 260 g/mol. The van der Waals surface area contributed by atoms with E-state index in [0.29, 0.717) is 11.5 Å². The Hall–Kier alpha value is -1.09. The fourth-order valence-electron chi connectivity index (χ4n) is 1.15. The van der Waals surface area contributed by atoms with Crippen LogP contribution in [0.5, 0.6) is 11.5 Å². The van der Waals surface area contributed by atoms with Crippen LogP contribution in [0.15, 0.2) is 60.7 Å². The molecular weight excluding hydrogens is 247 g/mol. The Morgan fingerprint density at radius 2 is 1.12 bits per heavy atom. The molecular formula is C12H12MgO3P+. The molecule has 0 unspecified atom stereocenters. The molecule has 2 rings (SSSR count). The number of hydrogen-bond acceptors (Lipinski definition) is 3. The summed E-state index contributed by atoms with van der Waals surface area (Å²) < 4.78 is 21.7. The molecule has 5 heteroatoms. The minimum atomic E-state index is -2.18. The first kappa shape index (κ1) is 14.0. The quantitative estimate of drug-likeness (QED) is 0.621. The van der Waals surface area contributed by atoms with Gasteiger partial charge in [0.1, 0.15) is 0 Å². The van der Waals surface area contributed by atoms with Gasteiger partial charge in [-0.3, -0.25) is 0 Å². The van der Waals surface area contributed by atoms with Crippen molar-refractivity contribution in [2.24, 2.45) is 0 Å². The van der Waals surface area contributed by atoms with Crippen LogP contribution in [-0.2, 0) is 4.57 Å². The van der Waals surface area contributed by atoms with Crippen LogP contribution in [0.1, 0.15) is 2.85 Å². The predicted molar refractivity (Wildman–Crippen MR) is 69.7 cm³/mol. The molecule has 2 aromatic rings. The molecule has 84 valence electrons. The summed E-state index contributed by atoms with van der Waals surface area (Å²) in [7, 11) is -2.18. The standard InChI is InChI=1S/C12H10O3P.Mg.2H/c13-16(14-11-7-3-1-4-8-11)15-12-9-5-2-6-10-12;;;/h1-10H;;;/q+1;+2;2*-1. The van der Waals surface area contributed by atoms with Crippen LogP contribution < -0.4 is 9.05 Å². The van der Waals surface area contributed by atoms with Crippen LogP contribution in [0.3, 0.4) is 0 Å². The number of hydrogen-bond donors (Lipinski definition) is 0. The predicted octanol–water partition coefficient (Wildman–Crippen LogP) is 3.65. The summed E-state index contributed by atoms with van der Waals surface area (Å²) in [6.45, 7) is 0. The van der Waals surface area contributed by atoms with Crippen molar-refractivity contribution in [1.29, 1.82) is 0 Å². The second kappa shape index (κ2) is 7.27. The first-order valence-corrected chi connectivity index (χ1v) is 5.87. The zero-order valence-corrected chi connectivity index (χ0v) is 11.5. The molecule has 0 atom stereocenters. The SMILES string of the molecule is O=[P+](Oc1ccccc1)Oc1ccccc1.[H-].[H-].[Mg+2]. The molecule has 0 saturated carbocycles. The molecule has 0 amide bonds. The van der Waals surface area contributed by atoms with Crippen molar-refractivity contribution in [3.8, 4) is 11.5 Å². The molecule has 3 nitrogen and oxygen atoms in total. The van der Waals surface area contributed by atoms with Crippen LogP contribution in [0, 0.1) is 0 Å². The zero-order chi connectivity index (χ0) is 11.2. The molecule has 0 spiro atoms. The molecule has 0 aliphatic heterocycles. The van der Waals surface area contributed by atoms with Gasteiger partial charge in [0.15, 0.2) is 11.5 Å². The first-order chi connectivity index (χ1) is 7.84.